The largest absolute Gasteiger partial charge is 0.341 e. The number of rotatable bonds is 7. The monoisotopic (exact) mass is 422 g/mol. The molecule has 2 aromatic rings. The Morgan fingerprint density at radius 3 is 2.68 bits per heavy atom. The molecule has 0 bridgehead atoms. The van der Waals surface area contributed by atoms with Gasteiger partial charge in [-0.15, -0.1) is 10.2 Å². The zero-order valence-corrected chi connectivity index (χ0v) is 16.9. The average Bonchev–Trinajstić information content (AvgIpc) is 3.17. The van der Waals surface area contributed by atoms with Gasteiger partial charge in [0.25, 0.3) is 0 Å². The summed E-state index contributed by atoms with van der Waals surface area (Å²) in [6.07, 6.45) is 4.55. The highest BCUT2D eigenvalue weighted by Gasteiger charge is 2.32. The van der Waals surface area contributed by atoms with E-state index in [-0.39, 0.29) is 16.6 Å². The lowest BCUT2D eigenvalue weighted by Gasteiger charge is -2.17. The molecule has 2 aliphatic rings. The Kier molecular flexibility index (Phi) is 5.30. The third-order valence-corrected chi connectivity index (χ3v) is 6.58. The molecule has 0 radical (unpaired) electrons. The van der Waals surface area contributed by atoms with Gasteiger partial charge < -0.3 is 10.2 Å². The van der Waals surface area contributed by atoms with E-state index in [0.29, 0.717) is 11.7 Å². The summed E-state index contributed by atoms with van der Waals surface area (Å²) in [4.78, 5) is 14.5. The van der Waals surface area contributed by atoms with E-state index in [9.17, 15) is 13.2 Å². The topological polar surface area (TPSA) is 123 Å². The second kappa shape index (κ2) is 7.72. The first kappa shape index (κ1) is 19.2. The number of sulfonamides is 1. The van der Waals surface area contributed by atoms with Crippen molar-refractivity contribution in [3.8, 4) is 0 Å². The van der Waals surface area contributed by atoms with Crippen LogP contribution in [0.4, 0.5) is 11.6 Å². The van der Waals surface area contributed by atoms with Gasteiger partial charge in [0.1, 0.15) is 0 Å². The first-order chi connectivity index (χ1) is 13.4. The minimum Gasteiger partial charge on any atom is -0.341 e. The van der Waals surface area contributed by atoms with Crippen molar-refractivity contribution in [3.63, 3.8) is 0 Å². The second-order valence-electron chi connectivity index (χ2n) is 6.99. The second-order valence-corrected chi connectivity index (χ2v) is 9.49. The lowest BCUT2D eigenvalue weighted by atomic mass is 10.3. The Bertz CT molecular complexity index is 981. The molecule has 1 aliphatic carbocycles. The van der Waals surface area contributed by atoms with E-state index in [1.165, 1.54) is 42.8 Å². The lowest BCUT2D eigenvalue weighted by molar-refractivity contribution is -0.113. The van der Waals surface area contributed by atoms with Crippen LogP contribution in [0.15, 0.2) is 34.3 Å². The number of carbonyl (C=O) groups excluding carboxylic acids is 1. The van der Waals surface area contributed by atoms with Crippen LogP contribution in [0, 0.1) is 0 Å². The Morgan fingerprint density at radius 1 is 1.25 bits per heavy atom. The minimum absolute atomic E-state index is 0.0401. The zero-order chi connectivity index (χ0) is 19.7. The summed E-state index contributed by atoms with van der Waals surface area (Å²) in [5.74, 6) is 0.818. The maximum absolute atomic E-state index is 12.3. The molecule has 4 rings (SSSR count). The molecule has 1 saturated heterocycles. The fourth-order valence-corrected chi connectivity index (χ4v) is 4.59. The van der Waals surface area contributed by atoms with Crippen molar-refractivity contribution in [2.75, 3.05) is 29.1 Å². The Hall–Kier alpha value is -2.11. The number of hydrogen-bond donors (Lipinski definition) is 2. The predicted molar refractivity (Wildman–Crippen MR) is 107 cm³/mol. The number of nitrogens with one attached hydrogen (secondary N) is 1. The van der Waals surface area contributed by atoms with Crippen LogP contribution in [0.3, 0.4) is 0 Å². The fourth-order valence-electron chi connectivity index (χ4n) is 3.23. The van der Waals surface area contributed by atoms with Gasteiger partial charge in [-0.2, -0.15) is 0 Å². The molecule has 1 saturated carbocycles. The van der Waals surface area contributed by atoms with Gasteiger partial charge in [-0.05, 0) is 43.9 Å². The molecule has 1 amide bonds. The molecule has 150 valence electrons. The number of primary sulfonamides is 1. The number of hydrogen-bond acceptors (Lipinski definition) is 7. The van der Waals surface area contributed by atoms with Crippen LogP contribution in [0.2, 0.25) is 0 Å². The number of amides is 1. The SMILES string of the molecule is NS(=O)(=O)c1cccc(NC(=O)CSc2nnc(N3CCCC3)n2C2CC2)c1. The quantitative estimate of drug-likeness (QED) is 0.650. The molecule has 1 aromatic heterocycles. The maximum atomic E-state index is 12.3. The number of aromatic nitrogens is 3. The zero-order valence-electron chi connectivity index (χ0n) is 15.2. The van der Waals surface area contributed by atoms with Crippen molar-refractivity contribution >= 4 is 39.3 Å². The molecule has 0 unspecified atom stereocenters. The van der Waals surface area contributed by atoms with Crippen LogP contribution in [0.25, 0.3) is 0 Å². The van der Waals surface area contributed by atoms with Crippen LogP contribution in [0.5, 0.6) is 0 Å². The first-order valence-electron chi connectivity index (χ1n) is 9.17. The smallest absolute Gasteiger partial charge is 0.238 e. The van der Waals surface area contributed by atoms with E-state index in [1.54, 1.807) is 6.07 Å². The Balaban J connectivity index is 1.41. The average molecular weight is 423 g/mol. The van der Waals surface area contributed by atoms with Crippen molar-refractivity contribution < 1.29 is 13.2 Å². The summed E-state index contributed by atoms with van der Waals surface area (Å²) in [5, 5.41) is 17.3. The summed E-state index contributed by atoms with van der Waals surface area (Å²) in [6, 6.07) is 6.31. The minimum atomic E-state index is -3.81. The van der Waals surface area contributed by atoms with Crippen LogP contribution in [-0.2, 0) is 14.8 Å². The van der Waals surface area contributed by atoms with Crippen LogP contribution in [0.1, 0.15) is 31.7 Å². The summed E-state index contributed by atoms with van der Waals surface area (Å²) >= 11 is 1.34. The highest BCUT2D eigenvalue weighted by atomic mass is 32.2. The third-order valence-electron chi connectivity index (χ3n) is 4.73. The standard InChI is InChI=1S/C17H22N6O3S2/c18-28(25,26)14-5-3-4-12(10-14)19-15(24)11-27-17-21-20-16(22-8-1-2-9-22)23(17)13-6-7-13/h3-5,10,13H,1-2,6-9,11H2,(H,19,24)(H2,18,25,26). The summed E-state index contributed by atoms with van der Waals surface area (Å²) in [6.45, 7) is 1.99. The van der Waals surface area contributed by atoms with Gasteiger partial charge >= 0.3 is 0 Å². The number of nitrogens with two attached hydrogens (primary N) is 1. The summed E-state index contributed by atoms with van der Waals surface area (Å²) in [5.41, 5.74) is 0.388. The molecule has 2 fully saturated rings. The molecule has 1 aromatic carbocycles. The van der Waals surface area contributed by atoms with Crippen LogP contribution < -0.4 is 15.4 Å². The normalized spacial score (nSPS) is 17.1. The van der Waals surface area contributed by atoms with Crippen molar-refractivity contribution in [1.82, 2.24) is 14.8 Å². The van der Waals surface area contributed by atoms with E-state index in [4.69, 9.17) is 5.14 Å². The maximum Gasteiger partial charge on any atom is 0.238 e. The highest BCUT2D eigenvalue weighted by molar-refractivity contribution is 7.99. The summed E-state index contributed by atoms with van der Waals surface area (Å²) < 4.78 is 25.0. The van der Waals surface area contributed by atoms with Gasteiger partial charge in [0.15, 0.2) is 5.16 Å². The lowest BCUT2D eigenvalue weighted by Crippen LogP contribution is -2.22. The van der Waals surface area contributed by atoms with Crippen molar-refractivity contribution in [2.24, 2.45) is 5.14 Å². The molecule has 0 spiro atoms. The van der Waals surface area contributed by atoms with Gasteiger partial charge in [0.2, 0.25) is 21.9 Å². The Morgan fingerprint density at radius 2 is 2.00 bits per heavy atom. The molecule has 28 heavy (non-hydrogen) atoms. The highest BCUT2D eigenvalue weighted by Crippen LogP contribution is 2.41. The van der Waals surface area contributed by atoms with Gasteiger partial charge in [0.05, 0.1) is 10.6 Å². The summed E-state index contributed by atoms with van der Waals surface area (Å²) in [7, 11) is -3.81. The number of anilines is 2. The van der Waals surface area contributed by atoms with E-state index in [0.717, 1.165) is 37.0 Å². The van der Waals surface area contributed by atoms with Gasteiger partial charge in [-0.25, -0.2) is 13.6 Å². The van der Waals surface area contributed by atoms with Crippen LogP contribution >= 0.6 is 11.8 Å². The molecular weight excluding hydrogens is 400 g/mol. The number of benzene rings is 1. The number of nitrogens with zero attached hydrogens (tertiary/aromatic N) is 4. The predicted octanol–water partition coefficient (Wildman–Crippen LogP) is 1.59. The number of thioether (sulfide) groups is 1. The third kappa shape index (κ3) is 4.31. The fraction of sp³-hybridized carbons (Fsp3) is 0.471. The Labute approximate surface area is 167 Å². The van der Waals surface area contributed by atoms with E-state index >= 15 is 0 Å². The van der Waals surface area contributed by atoms with Crippen LogP contribution in [-0.4, -0.2) is 47.9 Å². The van der Waals surface area contributed by atoms with E-state index in [2.05, 4.69) is 25.0 Å². The van der Waals surface area contributed by atoms with Crippen molar-refractivity contribution in [2.45, 2.75) is 41.8 Å². The molecular formula is C17H22N6O3S2. The van der Waals surface area contributed by atoms with Gasteiger partial charge in [-0.1, -0.05) is 17.8 Å². The van der Waals surface area contributed by atoms with Crippen molar-refractivity contribution in [1.29, 1.82) is 0 Å². The van der Waals surface area contributed by atoms with Crippen molar-refractivity contribution in [3.05, 3.63) is 24.3 Å². The molecule has 2 heterocycles. The molecule has 0 atom stereocenters. The van der Waals surface area contributed by atoms with E-state index in [1.807, 2.05) is 0 Å². The molecule has 3 N–H and O–H groups in total. The van der Waals surface area contributed by atoms with E-state index < -0.39 is 10.0 Å². The molecule has 1 aliphatic heterocycles. The van der Waals surface area contributed by atoms with Gasteiger partial charge in [-0.3, -0.25) is 9.36 Å². The number of carbonyl (C=O) groups is 1. The first-order valence-corrected chi connectivity index (χ1v) is 11.7. The van der Waals surface area contributed by atoms with Gasteiger partial charge in [0, 0.05) is 24.8 Å². The molecule has 11 heteroatoms. The molecule has 9 nitrogen and oxygen atoms in total.